The van der Waals surface area contributed by atoms with Crippen molar-refractivity contribution in [2.75, 3.05) is 11.9 Å². The molecule has 1 N–H and O–H groups in total. The van der Waals surface area contributed by atoms with Gasteiger partial charge in [-0.05, 0) is 18.9 Å². The third kappa shape index (κ3) is 1.95. The minimum Gasteiger partial charge on any atom is -0.492 e. The molecule has 0 radical (unpaired) electrons. The fourth-order valence-corrected chi connectivity index (χ4v) is 2.87. The van der Waals surface area contributed by atoms with E-state index in [0.29, 0.717) is 6.61 Å². The Labute approximate surface area is 109 Å². The summed E-state index contributed by atoms with van der Waals surface area (Å²) in [5.41, 5.74) is 1.02. The fourth-order valence-electron chi connectivity index (χ4n) is 2.17. The maximum atomic E-state index is 12.2. The smallest absolute Gasteiger partial charge is 0.231 e. The summed E-state index contributed by atoms with van der Waals surface area (Å²) in [6, 6.07) is 7.77. The van der Waals surface area contributed by atoms with Gasteiger partial charge in [-0.15, -0.1) is 0 Å². The molecular formula is C13H14BrNO2. The predicted octanol–water partition coefficient (Wildman–Crippen LogP) is 2.21. The molecule has 0 saturated heterocycles. The summed E-state index contributed by atoms with van der Waals surface area (Å²) in [5.74, 6) is 0.783. The average molecular weight is 296 g/mol. The second-order valence-corrected chi connectivity index (χ2v) is 5.37. The zero-order chi connectivity index (χ0) is 11.9. The van der Waals surface area contributed by atoms with Crippen LogP contribution in [0, 0.1) is 0 Å². The van der Waals surface area contributed by atoms with E-state index in [1.807, 2.05) is 24.3 Å². The molecule has 0 bridgehead atoms. The first-order valence-electron chi connectivity index (χ1n) is 5.84. The molecule has 17 heavy (non-hydrogen) atoms. The molecular weight excluding hydrogens is 282 g/mol. The minimum absolute atomic E-state index is 0.00855. The van der Waals surface area contributed by atoms with Gasteiger partial charge in [0.25, 0.3) is 0 Å². The molecule has 3 rings (SSSR count). The molecule has 90 valence electrons. The van der Waals surface area contributed by atoms with Crippen LogP contribution in [0.4, 0.5) is 0 Å². The molecule has 1 heterocycles. The van der Waals surface area contributed by atoms with E-state index in [1.165, 1.54) is 0 Å². The van der Waals surface area contributed by atoms with E-state index in [4.69, 9.17) is 4.74 Å². The third-order valence-electron chi connectivity index (χ3n) is 3.51. The number of benzene rings is 1. The van der Waals surface area contributed by atoms with Crippen LogP contribution in [0.1, 0.15) is 24.3 Å². The van der Waals surface area contributed by atoms with Crippen molar-refractivity contribution >= 4 is 21.8 Å². The number of ether oxygens (including phenoxy) is 1. The Morgan fingerprint density at radius 2 is 2.24 bits per heavy atom. The van der Waals surface area contributed by atoms with Gasteiger partial charge in [-0.2, -0.15) is 0 Å². The SMILES string of the molecule is O=C(NC1(CBr)CC1)C1COc2ccccc21. The number of nitrogens with one attached hydrogen (secondary N) is 1. The molecule has 1 aromatic carbocycles. The number of halogens is 1. The van der Waals surface area contributed by atoms with Gasteiger partial charge in [0.1, 0.15) is 18.3 Å². The summed E-state index contributed by atoms with van der Waals surface area (Å²) in [5, 5.41) is 3.97. The highest BCUT2D eigenvalue weighted by molar-refractivity contribution is 9.09. The molecule has 2 aliphatic rings. The lowest BCUT2D eigenvalue weighted by atomic mass is 10.00. The first-order chi connectivity index (χ1) is 8.24. The molecule has 1 atom stereocenters. The van der Waals surface area contributed by atoms with Crippen LogP contribution in [-0.4, -0.2) is 23.4 Å². The van der Waals surface area contributed by atoms with Gasteiger partial charge < -0.3 is 10.1 Å². The average Bonchev–Trinajstić information content (AvgIpc) is 2.99. The zero-order valence-electron chi connectivity index (χ0n) is 9.41. The van der Waals surface area contributed by atoms with Gasteiger partial charge in [-0.3, -0.25) is 4.79 Å². The number of hydrogen-bond acceptors (Lipinski definition) is 2. The van der Waals surface area contributed by atoms with E-state index < -0.39 is 0 Å². The monoisotopic (exact) mass is 295 g/mol. The molecule has 1 saturated carbocycles. The number of fused-ring (bicyclic) bond motifs is 1. The maximum absolute atomic E-state index is 12.2. The van der Waals surface area contributed by atoms with Crippen LogP contribution in [-0.2, 0) is 4.79 Å². The molecule has 0 aromatic heterocycles. The van der Waals surface area contributed by atoms with E-state index in [-0.39, 0.29) is 17.4 Å². The second kappa shape index (κ2) is 4.02. The van der Waals surface area contributed by atoms with Crippen molar-refractivity contribution in [1.82, 2.24) is 5.32 Å². The molecule has 1 fully saturated rings. The van der Waals surface area contributed by atoms with Gasteiger partial charge in [0.05, 0.1) is 0 Å². The molecule has 4 heteroatoms. The Morgan fingerprint density at radius 3 is 2.94 bits per heavy atom. The fraction of sp³-hybridized carbons (Fsp3) is 0.462. The van der Waals surface area contributed by atoms with E-state index in [2.05, 4.69) is 21.2 Å². The van der Waals surface area contributed by atoms with Crippen LogP contribution < -0.4 is 10.1 Å². The lowest BCUT2D eigenvalue weighted by Gasteiger charge is -2.17. The van der Waals surface area contributed by atoms with Crippen molar-refractivity contribution in [2.24, 2.45) is 0 Å². The van der Waals surface area contributed by atoms with Crippen molar-refractivity contribution in [3.05, 3.63) is 29.8 Å². The van der Waals surface area contributed by atoms with Crippen molar-refractivity contribution in [1.29, 1.82) is 0 Å². The van der Waals surface area contributed by atoms with Gasteiger partial charge in [0.2, 0.25) is 5.91 Å². The largest absolute Gasteiger partial charge is 0.492 e. The number of hydrogen-bond donors (Lipinski definition) is 1. The summed E-state index contributed by atoms with van der Waals surface area (Å²) < 4.78 is 5.53. The topological polar surface area (TPSA) is 38.3 Å². The van der Waals surface area contributed by atoms with Crippen LogP contribution in [0.15, 0.2) is 24.3 Å². The molecule has 1 aromatic rings. The third-order valence-corrected chi connectivity index (χ3v) is 4.59. The Hall–Kier alpha value is -1.03. The number of carbonyl (C=O) groups excluding carboxylic acids is 1. The van der Waals surface area contributed by atoms with E-state index in [1.54, 1.807) is 0 Å². The number of para-hydroxylation sites is 1. The van der Waals surface area contributed by atoms with Crippen LogP contribution in [0.5, 0.6) is 5.75 Å². The second-order valence-electron chi connectivity index (χ2n) is 4.80. The van der Waals surface area contributed by atoms with Crippen molar-refractivity contribution in [3.8, 4) is 5.75 Å². The Kier molecular flexibility index (Phi) is 2.62. The summed E-state index contributed by atoms with van der Waals surface area (Å²) in [7, 11) is 0. The molecule has 0 spiro atoms. The van der Waals surface area contributed by atoms with Gasteiger partial charge in [0, 0.05) is 16.4 Å². The number of amides is 1. The highest BCUT2D eigenvalue weighted by Crippen LogP contribution is 2.39. The molecule has 1 aliphatic carbocycles. The molecule has 3 nitrogen and oxygen atoms in total. The standard InChI is InChI=1S/C13H14BrNO2/c14-8-13(5-6-13)15-12(16)10-7-17-11-4-2-1-3-9(10)11/h1-4,10H,5-8H2,(H,15,16). The Bertz CT molecular complexity index is 456. The Balaban J connectivity index is 1.76. The van der Waals surface area contributed by atoms with E-state index in [0.717, 1.165) is 29.5 Å². The van der Waals surface area contributed by atoms with Crippen molar-refractivity contribution in [3.63, 3.8) is 0 Å². The maximum Gasteiger partial charge on any atom is 0.231 e. The van der Waals surface area contributed by atoms with Gasteiger partial charge in [-0.25, -0.2) is 0 Å². The number of alkyl halides is 1. The van der Waals surface area contributed by atoms with Gasteiger partial charge in [-0.1, -0.05) is 34.1 Å². The first-order valence-corrected chi connectivity index (χ1v) is 6.96. The van der Waals surface area contributed by atoms with Crippen molar-refractivity contribution in [2.45, 2.75) is 24.3 Å². The van der Waals surface area contributed by atoms with Crippen LogP contribution >= 0.6 is 15.9 Å². The summed E-state index contributed by atoms with van der Waals surface area (Å²) in [6.07, 6.45) is 2.14. The highest BCUT2D eigenvalue weighted by atomic mass is 79.9. The van der Waals surface area contributed by atoms with E-state index in [9.17, 15) is 4.79 Å². The summed E-state index contributed by atoms with van der Waals surface area (Å²) >= 11 is 3.46. The van der Waals surface area contributed by atoms with Gasteiger partial charge >= 0.3 is 0 Å². The zero-order valence-corrected chi connectivity index (χ0v) is 11.0. The van der Waals surface area contributed by atoms with Gasteiger partial charge in [0.15, 0.2) is 0 Å². The van der Waals surface area contributed by atoms with Crippen LogP contribution in [0.2, 0.25) is 0 Å². The first kappa shape index (κ1) is 11.1. The number of rotatable bonds is 3. The van der Waals surface area contributed by atoms with Crippen LogP contribution in [0.3, 0.4) is 0 Å². The lowest BCUT2D eigenvalue weighted by molar-refractivity contribution is -0.123. The normalized spacial score (nSPS) is 23.7. The van der Waals surface area contributed by atoms with Crippen LogP contribution in [0.25, 0.3) is 0 Å². The van der Waals surface area contributed by atoms with E-state index >= 15 is 0 Å². The molecule has 1 amide bonds. The highest BCUT2D eigenvalue weighted by Gasteiger charge is 2.44. The van der Waals surface area contributed by atoms with Crippen molar-refractivity contribution < 1.29 is 9.53 Å². The molecule has 1 unspecified atom stereocenters. The quantitative estimate of drug-likeness (QED) is 0.869. The predicted molar refractivity (Wildman–Crippen MR) is 68.6 cm³/mol. The lowest BCUT2D eigenvalue weighted by Crippen LogP contribution is -2.41. The summed E-state index contributed by atoms with van der Waals surface area (Å²) in [4.78, 5) is 12.2. The minimum atomic E-state index is -0.150. The number of carbonyl (C=O) groups is 1. The molecule has 1 aliphatic heterocycles. The Morgan fingerprint density at radius 1 is 1.47 bits per heavy atom. The summed E-state index contributed by atoms with van der Waals surface area (Å²) in [6.45, 7) is 0.462.